The van der Waals surface area contributed by atoms with Gasteiger partial charge in [0, 0.05) is 24.8 Å². The first kappa shape index (κ1) is 18.3. The molecule has 1 saturated heterocycles. The van der Waals surface area contributed by atoms with E-state index in [1.54, 1.807) is 11.0 Å². The fraction of sp³-hybridized carbons (Fsp3) is 0.421. The zero-order valence-corrected chi connectivity index (χ0v) is 14.7. The Kier molecular flexibility index (Phi) is 5.78. The molecule has 1 fully saturated rings. The van der Waals surface area contributed by atoms with Gasteiger partial charge in [0.25, 0.3) is 5.56 Å². The molecule has 0 spiro atoms. The maximum absolute atomic E-state index is 13.2. The van der Waals surface area contributed by atoms with E-state index < -0.39 is 0 Å². The number of benzene rings is 1. The summed E-state index contributed by atoms with van der Waals surface area (Å²) in [6.07, 6.45) is 2.88. The number of aromatic nitrogens is 2. The van der Waals surface area contributed by atoms with Crippen LogP contribution in [0.1, 0.15) is 23.2 Å². The molecule has 0 aliphatic carbocycles. The highest BCUT2D eigenvalue weighted by Crippen LogP contribution is 2.15. The van der Waals surface area contributed by atoms with Crippen LogP contribution in [0.2, 0.25) is 0 Å². The average Bonchev–Trinajstić information content (AvgIpc) is 2.62. The van der Waals surface area contributed by atoms with E-state index in [0.717, 1.165) is 11.1 Å². The van der Waals surface area contributed by atoms with E-state index in [4.69, 9.17) is 4.74 Å². The predicted molar refractivity (Wildman–Crippen MR) is 94.3 cm³/mol. The van der Waals surface area contributed by atoms with Crippen LogP contribution in [0.15, 0.2) is 35.4 Å². The average molecular weight is 359 g/mol. The smallest absolute Gasteiger partial charge is 0.250 e. The molecule has 6 nitrogen and oxygen atoms in total. The molecule has 2 aromatic rings. The van der Waals surface area contributed by atoms with E-state index in [9.17, 15) is 14.0 Å². The van der Waals surface area contributed by atoms with Gasteiger partial charge in [-0.1, -0.05) is 6.07 Å². The van der Waals surface area contributed by atoms with Crippen molar-refractivity contribution in [3.8, 4) is 0 Å². The fourth-order valence-corrected chi connectivity index (χ4v) is 3.11. The predicted octanol–water partition coefficient (Wildman–Crippen LogP) is 1.62. The summed E-state index contributed by atoms with van der Waals surface area (Å²) in [5, 5.41) is 0. The highest BCUT2D eigenvalue weighted by atomic mass is 19.1. The van der Waals surface area contributed by atoms with Crippen molar-refractivity contribution in [1.29, 1.82) is 0 Å². The number of morpholine rings is 1. The van der Waals surface area contributed by atoms with Crippen LogP contribution in [0.5, 0.6) is 0 Å². The van der Waals surface area contributed by atoms with Crippen LogP contribution in [0.3, 0.4) is 0 Å². The van der Waals surface area contributed by atoms with Crippen LogP contribution in [0.4, 0.5) is 4.39 Å². The number of carbonyl (C=O) groups is 1. The van der Waals surface area contributed by atoms with E-state index in [2.05, 4.69) is 9.97 Å². The lowest BCUT2D eigenvalue weighted by Gasteiger charge is -2.33. The van der Waals surface area contributed by atoms with Gasteiger partial charge in [-0.3, -0.25) is 9.59 Å². The van der Waals surface area contributed by atoms with Gasteiger partial charge in [0.15, 0.2) is 0 Å². The molecule has 0 saturated carbocycles. The van der Waals surface area contributed by atoms with Gasteiger partial charge < -0.3 is 14.6 Å². The number of nitrogens with one attached hydrogen (secondary N) is 1. The highest BCUT2D eigenvalue weighted by molar-refractivity contribution is 5.79. The monoisotopic (exact) mass is 359 g/mol. The molecule has 1 amide bonds. The lowest BCUT2D eigenvalue weighted by atomic mass is 10.0. The first-order valence-electron chi connectivity index (χ1n) is 8.69. The standard InChI is InChI=1S/C19H22FN3O3/c1-13-8-15(20)3-2-14(13)9-19(25)23-6-7-26-17(11-23)5-4-16-10-18(24)22-12-21-16/h2-3,8,10,12,17H,4-7,9,11H2,1H3,(H,21,22,24)/t17-/m0/s1. The molecule has 26 heavy (non-hydrogen) atoms. The number of rotatable bonds is 5. The molecule has 1 atom stereocenters. The summed E-state index contributed by atoms with van der Waals surface area (Å²) in [5.74, 6) is -0.277. The highest BCUT2D eigenvalue weighted by Gasteiger charge is 2.24. The third-order valence-electron chi connectivity index (χ3n) is 4.60. The Labute approximate surface area is 151 Å². The second kappa shape index (κ2) is 8.23. The summed E-state index contributed by atoms with van der Waals surface area (Å²) >= 11 is 0. The van der Waals surface area contributed by atoms with Crippen molar-refractivity contribution in [3.63, 3.8) is 0 Å². The van der Waals surface area contributed by atoms with Crippen molar-refractivity contribution < 1.29 is 13.9 Å². The minimum absolute atomic E-state index is 0.0160. The number of carbonyl (C=O) groups excluding carboxylic acids is 1. The topological polar surface area (TPSA) is 75.3 Å². The van der Waals surface area contributed by atoms with Crippen molar-refractivity contribution in [1.82, 2.24) is 14.9 Å². The maximum atomic E-state index is 13.2. The van der Waals surface area contributed by atoms with Crippen molar-refractivity contribution in [2.45, 2.75) is 32.3 Å². The lowest BCUT2D eigenvalue weighted by molar-refractivity contribution is -0.138. The molecule has 1 N–H and O–H groups in total. The van der Waals surface area contributed by atoms with Crippen LogP contribution in [0, 0.1) is 12.7 Å². The summed E-state index contributed by atoms with van der Waals surface area (Å²) in [6.45, 7) is 3.37. The molecule has 1 aromatic carbocycles. The molecular weight excluding hydrogens is 337 g/mol. The Morgan fingerprint density at radius 3 is 3.04 bits per heavy atom. The van der Waals surface area contributed by atoms with Gasteiger partial charge in [-0.15, -0.1) is 0 Å². The van der Waals surface area contributed by atoms with Gasteiger partial charge in [0.1, 0.15) is 5.82 Å². The summed E-state index contributed by atoms with van der Waals surface area (Å²) < 4.78 is 18.9. The van der Waals surface area contributed by atoms with Crippen molar-refractivity contribution in [2.75, 3.05) is 19.7 Å². The first-order valence-corrected chi connectivity index (χ1v) is 8.69. The summed E-state index contributed by atoms with van der Waals surface area (Å²) in [6, 6.07) is 5.97. The first-order chi connectivity index (χ1) is 12.5. The number of hydrogen-bond acceptors (Lipinski definition) is 4. The zero-order valence-electron chi connectivity index (χ0n) is 14.7. The van der Waals surface area contributed by atoms with E-state index in [1.165, 1.54) is 24.5 Å². The normalized spacial score (nSPS) is 17.3. The maximum Gasteiger partial charge on any atom is 0.250 e. The molecule has 2 heterocycles. The van der Waals surface area contributed by atoms with Crippen molar-refractivity contribution in [3.05, 3.63) is 63.6 Å². The number of nitrogens with zero attached hydrogens (tertiary/aromatic N) is 2. The van der Waals surface area contributed by atoms with Crippen LogP contribution in [-0.4, -0.2) is 46.6 Å². The lowest BCUT2D eigenvalue weighted by Crippen LogP contribution is -2.46. The minimum atomic E-state index is -0.293. The second-order valence-corrected chi connectivity index (χ2v) is 6.52. The molecule has 3 rings (SSSR count). The molecule has 0 bridgehead atoms. The quantitative estimate of drug-likeness (QED) is 0.880. The Morgan fingerprint density at radius 2 is 2.27 bits per heavy atom. The number of ether oxygens (including phenoxy) is 1. The summed E-state index contributed by atoms with van der Waals surface area (Å²) in [5.41, 5.74) is 2.16. The van der Waals surface area contributed by atoms with Crippen LogP contribution < -0.4 is 5.56 Å². The molecule has 7 heteroatoms. The number of aryl methyl sites for hydroxylation is 2. The van der Waals surface area contributed by atoms with E-state index >= 15 is 0 Å². The number of H-pyrrole nitrogens is 1. The molecule has 1 aliphatic heterocycles. The Morgan fingerprint density at radius 1 is 1.42 bits per heavy atom. The molecular formula is C19H22FN3O3. The summed E-state index contributed by atoms with van der Waals surface area (Å²) in [4.78, 5) is 32.3. The molecule has 1 aromatic heterocycles. The van der Waals surface area contributed by atoms with Gasteiger partial charge in [-0.25, -0.2) is 9.37 Å². The van der Waals surface area contributed by atoms with Gasteiger partial charge in [0.2, 0.25) is 5.91 Å². The third kappa shape index (κ3) is 4.76. The molecule has 138 valence electrons. The third-order valence-corrected chi connectivity index (χ3v) is 4.60. The molecule has 0 radical (unpaired) electrons. The van der Waals surface area contributed by atoms with E-state index in [-0.39, 0.29) is 29.8 Å². The number of hydrogen-bond donors (Lipinski definition) is 1. The van der Waals surface area contributed by atoms with E-state index in [0.29, 0.717) is 38.2 Å². The summed E-state index contributed by atoms with van der Waals surface area (Å²) in [7, 11) is 0. The fourth-order valence-electron chi connectivity index (χ4n) is 3.11. The van der Waals surface area contributed by atoms with E-state index in [1.807, 2.05) is 6.92 Å². The second-order valence-electron chi connectivity index (χ2n) is 6.52. The Balaban J connectivity index is 1.55. The molecule has 1 aliphatic rings. The van der Waals surface area contributed by atoms with Gasteiger partial charge in [-0.05, 0) is 43.0 Å². The van der Waals surface area contributed by atoms with Crippen molar-refractivity contribution in [2.24, 2.45) is 0 Å². The number of aromatic amines is 1. The van der Waals surface area contributed by atoms with Gasteiger partial charge in [0.05, 0.1) is 25.5 Å². The SMILES string of the molecule is Cc1cc(F)ccc1CC(=O)N1CCO[C@@H](CCc2cc(=O)[nH]cn2)C1. The number of amides is 1. The van der Waals surface area contributed by atoms with Crippen LogP contribution in [-0.2, 0) is 22.4 Å². The largest absolute Gasteiger partial charge is 0.375 e. The number of halogens is 1. The van der Waals surface area contributed by atoms with Crippen LogP contribution in [0.25, 0.3) is 0 Å². The van der Waals surface area contributed by atoms with Crippen molar-refractivity contribution >= 4 is 5.91 Å². The molecule has 0 unspecified atom stereocenters. The minimum Gasteiger partial charge on any atom is -0.375 e. The zero-order chi connectivity index (χ0) is 18.5. The Hall–Kier alpha value is -2.54. The Bertz CT molecular complexity index is 837. The van der Waals surface area contributed by atoms with Gasteiger partial charge >= 0.3 is 0 Å². The van der Waals surface area contributed by atoms with Gasteiger partial charge in [-0.2, -0.15) is 0 Å². The van der Waals surface area contributed by atoms with Crippen LogP contribution >= 0.6 is 0 Å².